The lowest BCUT2D eigenvalue weighted by atomic mass is 9.91. The minimum atomic E-state index is -1.10. The number of halogens is 3. The molecule has 1 fully saturated rings. The van der Waals surface area contributed by atoms with Gasteiger partial charge in [-0.1, -0.05) is 53.7 Å². The Balaban J connectivity index is 1.75. The van der Waals surface area contributed by atoms with Crippen molar-refractivity contribution in [1.29, 1.82) is 0 Å². The predicted molar refractivity (Wildman–Crippen MR) is 104 cm³/mol. The fourth-order valence-electron chi connectivity index (χ4n) is 3.25. The third-order valence-corrected chi connectivity index (χ3v) is 5.76. The monoisotopic (exact) mass is 419 g/mol. The first-order valence-electron chi connectivity index (χ1n) is 8.54. The molecule has 0 spiro atoms. The molecular formula is C20H16ClF2N3OS. The smallest absolute Gasteiger partial charge is 0.186 e. The largest absolute Gasteiger partial charge is 0.354 e. The lowest BCUT2D eigenvalue weighted by Gasteiger charge is -2.16. The summed E-state index contributed by atoms with van der Waals surface area (Å²) in [6, 6.07) is 11.3. The summed E-state index contributed by atoms with van der Waals surface area (Å²) in [5.74, 6) is -1.19. The Kier molecular flexibility index (Phi) is 5.23. The highest BCUT2D eigenvalue weighted by molar-refractivity contribution is 7.99. The second kappa shape index (κ2) is 7.66. The van der Waals surface area contributed by atoms with Crippen molar-refractivity contribution in [1.82, 2.24) is 14.8 Å². The van der Waals surface area contributed by atoms with Crippen molar-refractivity contribution in [2.75, 3.05) is 5.75 Å². The van der Waals surface area contributed by atoms with E-state index >= 15 is 0 Å². The third-order valence-electron chi connectivity index (χ3n) is 4.55. The summed E-state index contributed by atoms with van der Waals surface area (Å²) >= 11 is 7.56. The molecule has 4 nitrogen and oxygen atoms in total. The topological polar surface area (TPSA) is 43.2 Å². The summed E-state index contributed by atoms with van der Waals surface area (Å²) in [5.41, 5.74) is -0.169. The van der Waals surface area contributed by atoms with Crippen LogP contribution in [-0.2, 0) is 16.9 Å². The molecule has 3 aromatic rings. The second-order valence-corrected chi connectivity index (χ2v) is 7.77. The van der Waals surface area contributed by atoms with E-state index < -0.39 is 23.3 Å². The highest BCUT2D eigenvalue weighted by atomic mass is 35.5. The number of epoxide rings is 1. The highest BCUT2D eigenvalue weighted by Crippen LogP contribution is 2.59. The van der Waals surface area contributed by atoms with Crippen LogP contribution in [-0.4, -0.2) is 20.5 Å². The maximum atomic E-state index is 14.7. The standard InChI is InChI=1S/C20H16ClF2N3OS/c1-2-9-28-19-24-12-25-26(19)11-20(15-7-4-8-16(22)17(15)23)18(27-20)13-5-3-6-14(21)10-13/h2-8,10,12,18H,1,9,11H2. The van der Waals surface area contributed by atoms with Crippen LogP contribution < -0.4 is 0 Å². The quantitative estimate of drug-likeness (QED) is 0.301. The highest BCUT2D eigenvalue weighted by Gasteiger charge is 2.60. The van der Waals surface area contributed by atoms with Gasteiger partial charge in [0.1, 0.15) is 18.0 Å². The number of rotatable bonds is 7. The van der Waals surface area contributed by atoms with Crippen LogP contribution in [0.4, 0.5) is 8.78 Å². The molecule has 2 unspecified atom stereocenters. The van der Waals surface area contributed by atoms with Crippen LogP contribution in [0.3, 0.4) is 0 Å². The molecule has 2 atom stereocenters. The van der Waals surface area contributed by atoms with Crippen LogP contribution in [0.1, 0.15) is 17.2 Å². The lowest BCUT2D eigenvalue weighted by molar-refractivity contribution is 0.249. The minimum Gasteiger partial charge on any atom is -0.354 e. The van der Waals surface area contributed by atoms with Crippen LogP contribution in [0, 0.1) is 11.6 Å². The SMILES string of the molecule is C=CCSc1ncnn1CC1(c2cccc(F)c2F)OC1c1cccc(Cl)c1. The minimum absolute atomic E-state index is 0.146. The zero-order valence-electron chi connectivity index (χ0n) is 14.7. The number of hydrogen-bond donors (Lipinski definition) is 0. The Bertz CT molecular complexity index is 1030. The van der Waals surface area contributed by atoms with Gasteiger partial charge >= 0.3 is 0 Å². The molecule has 0 N–H and O–H groups in total. The molecule has 144 valence electrons. The summed E-state index contributed by atoms with van der Waals surface area (Å²) < 4.78 is 36.3. The molecule has 1 aliphatic rings. The van der Waals surface area contributed by atoms with Crippen molar-refractivity contribution >= 4 is 23.4 Å². The van der Waals surface area contributed by atoms with Gasteiger partial charge in [-0.15, -0.1) is 6.58 Å². The van der Waals surface area contributed by atoms with Gasteiger partial charge in [0.05, 0.1) is 6.54 Å². The maximum absolute atomic E-state index is 14.7. The molecule has 0 amide bonds. The van der Waals surface area contributed by atoms with E-state index in [1.807, 2.05) is 6.07 Å². The van der Waals surface area contributed by atoms with Gasteiger partial charge in [-0.25, -0.2) is 18.4 Å². The van der Waals surface area contributed by atoms with E-state index in [2.05, 4.69) is 16.7 Å². The average Bonchev–Trinajstić information content (AvgIpc) is 3.24. The average molecular weight is 420 g/mol. The second-order valence-electron chi connectivity index (χ2n) is 6.34. The Morgan fingerprint density at radius 2 is 2.11 bits per heavy atom. The van der Waals surface area contributed by atoms with Gasteiger partial charge in [0, 0.05) is 16.3 Å². The van der Waals surface area contributed by atoms with Gasteiger partial charge in [0.2, 0.25) is 0 Å². The first-order chi connectivity index (χ1) is 13.5. The molecular weight excluding hydrogens is 404 g/mol. The van der Waals surface area contributed by atoms with Crippen molar-refractivity contribution in [3.63, 3.8) is 0 Å². The van der Waals surface area contributed by atoms with Crippen LogP contribution in [0.15, 0.2) is 66.6 Å². The van der Waals surface area contributed by atoms with E-state index in [1.165, 1.54) is 30.2 Å². The normalized spacial score (nSPS) is 20.9. The van der Waals surface area contributed by atoms with E-state index in [-0.39, 0.29) is 12.1 Å². The first kappa shape index (κ1) is 19.1. The first-order valence-corrected chi connectivity index (χ1v) is 9.91. The van der Waals surface area contributed by atoms with E-state index in [1.54, 1.807) is 29.0 Å². The number of nitrogens with zero attached hydrogens (tertiary/aromatic N) is 3. The molecule has 0 bridgehead atoms. The number of hydrogen-bond acceptors (Lipinski definition) is 4. The van der Waals surface area contributed by atoms with Gasteiger partial charge in [-0.2, -0.15) is 5.10 Å². The van der Waals surface area contributed by atoms with Crippen LogP contribution in [0.25, 0.3) is 0 Å². The molecule has 0 radical (unpaired) electrons. The Morgan fingerprint density at radius 1 is 1.29 bits per heavy atom. The molecule has 2 heterocycles. The molecule has 4 rings (SSSR count). The van der Waals surface area contributed by atoms with Crippen LogP contribution >= 0.6 is 23.4 Å². The van der Waals surface area contributed by atoms with Gasteiger partial charge < -0.3 is 4.74 Å². The van der Waals surface area contributed by atoms with E-state index in [0.717, 1.165) is 11.6 Å². The van der Waals surface area contributed by atoms with E-state index in [0.29, 0.717) is 15.9 Å². The van der Waals surface area contributed by atoms with Crippen LogP contribution in [0.5, 0.6) is 0 Å². The third kappa shape index (κ3) is 3.45. The van der Waals surface area contributed by atoms with Crippen molar-refractivity contribution in [2.24, 2.45) is 0 Å². The molecule has 2 aromatic carbocycles. The van der Waals surface area contributed by atoms with Crippen molar-refractivity contribution in [3.05, 3.63) is 89.2 Å². The number of benzene rings is 2. The molecule has 0 aliphatic carbocycles. The zero-order valence-corrected chi connectivity index (χ0v) is 16.3. The Morgan fingerprint density at radius 3 is 2.89 bits per heavy atom. The van der Waals surface area contributed by atoms with Gasteiger partial charge in [-0.05, 0) is 23.8 Å². The van der Waals surface area contributed by atoms with E-state index in [4.69, 9.17) is 16.3 Å². The van der Waals surface area contributed by atoms with Gasteiger partial charge in [-0.3, -0.25) is 0 Å². The number of thioether (sulfide) groups is 1. The summed E-state index contributed by atoms with van der Waals surface area (Å²) in [4.78, 5) is 4.23. The maximum Gasteiger partial charge on any atom is 0.186 e. The number of ether oxygens (including phenoxy) is 1. The summed E-state index contributed by atoms with van der Waals surface area (Å²) in [6.45, 7) is 3.88. The van der Waals surface area contributed by atoms with Crippen LogP contribution in [0.2, 0.25) is 5.02 Å². The summed E-state index contributed by atoms with van der Waals surface area (Å²) in [5, 5.41) is 5.44. The fourth-order valence-corrected chi connectivity index (χ4v) is 4.10. The fraction of sp³-hybridized carbons (Fsp3) is 0.200. The molecule has 1 aliphatic heterocycles. The molecule has 1 aromatic heterocycles. The van der Waals surface area contributed by atoms with Gasteiger partial charge in [0.15, 0.2) is 16.8 Å². The molecule has 0 saturated carbocycles. The van der Waals surface area contributed by atoms with Crippen molar-refractivity contribution in [2.45, 2.75) is 23.4 Å². The molecule has 1 saturated heterocycles. The Labute approximate surface area is 170 Å². The molecule has 28 heavy (non-hydrogen) atoms. The van der Waals surface area contributed by atoms with Gasteiger partial charge in [0.25, 0.3) is 0 Å². The van der Waals surface area contributed by atoms with Crippen molar-refractivity contribution < 1.29 is 13.5 Å². The predicted octanol–water partition coefficient (Wildman–Crippen LogP) is 5.15. The number of aromatic nitrogens is 3. The Hall–Kier alpha value is -2.22. The summed E-state index contributed by atoms with van der Waals surface area (Å²) in [7, 11) is 0. The summed E-state index contributed by atoms with van der Waals surface area (Å²) in [6.07, 6.45) is 2.70. The zero-order chi connectivity index (χ0) is 19.7. The lowest BCUT2D eigenvalue weighted by Crippen LogP contribution is -2.22. The van der Waals surface area contributed by atoms with Crippen molar-refractivity contribution in [3.8, 4) is 0 Å². The molecule has 8 heteroatoms. The van der Waals surface area contributed by atoms with E-state index in [9.17, 15) is 8.78 Å².